The quantitative estimate of drug-likeness (QED) is 0.761. The van der Waals surface area contributed by atoms with Crippen molar-refractivity contribution in [1.82, 2.24) is 0 Å². The summed E-state index contributed by atoms with van der Waals surface area (Å²) in [4.78, 5) is 13.2. The van der Waals surface area contributed by atoms with Crippen LogP contribution in [0.3, 0.4) is 0 Å². The van der Waals surface area contributed by atoms with Crippen LogP contribution in [-0.2, 0) is 4.79 Å². The molecule has 4 nitrogen and oxygen atoms in total. The van der Waals surface area contributed by atoms with Crippen molar-refractivity contribution in [1.29, 1.82) is 0 Å². The fraction of sp³-hybridized carbons (Fsp3) is 0.318. The molecule has 6 heteroatoms. The van der Waals surface area contributed by atoms with Gasteiger partial charge in [0.2, 0.25) is 6.79 Å². The van der Waals surface area contributed by atoms with Crippen LogP contribution in [0.25, 0.3) is 0 Å². The number of halogens is 2. The first-order valence-corrected chi connectivity index (χ1v) is 9.25. The van der Waals surface area contributed by atoms with Crippen LogP contribution in [0.2, 0.25) is 0 Å². The van der Waals surface area contributed by atoms with Crippen molar-refractivity contribution in [3.8, 4) is 11.5 Å². The van der Waals surface area contributed by atoms with Crippen molar-refractivity contribution in [3.63, 3.8) is 0 Å². The van der Waals surface area contributed by atoms with E-state index in [0.29, 0.717) is 35.5 Å². The van der Waals surface area contributed by atoms with Crippen molar-refractivity contribution in [3.05, 3.63) is 64.4 Å². The molecule has 0 amide bonds. The minimum Gasteiger partial charge on any atom is -0.454 e. The Bertz CT molecular complexity index is 1060. The molecule has 2 aliphatic heterocycles. The number of ketones is 1. The molecular weight excluding hydrogens is 364 g/mol. The Morgan fingerprint density at radius 2 is 1.89 bits per heavy atom. The zero-order chi connectivity index (χ0) is 19.6. The molecule has 0 radical (unpaired) electrons. The van der Waals surface area contributed by atoms with Gasteiger partial charge >= 0.3 is 0 Å². The van der Waals surface area contributed by atoms with Gasteiger partial charge in [-0.25, -0.2) is 8.78 Å². The smallest absolute Gasteiger partial charge is 0.231 e. The number of carbonyl (C=O) groups excluding carboxylic acids is 1. The molecule has 0 spiro atoms. The highest BCUT2D eigenvalue weighted by atomic mass is 19.2. The first-order valence-electron chi connectivity index (χ1n) is 9.25. The summed E-state index contributed by atoms with van der Waals surface area (Å²) in [5, 5.41) is 3.40. The van der Waals surface area contributed by atoms with Gasteiger partial charge in [-0.05, 0) is 41.7 Å². The number of allylic oxidation sites excluding steroid dienone is 2. The summed E-state index contributed by atoms with van der Waals surface area (Å²) in [7, 11) is 0. The SMILES string of the molecule is CC1(C)CC(=O)C2=C(C1)Nc1ccc3c(c1C2c1ccc(F)c(F)c1)OCO3. The number of rotatable bonds is 1. The van der Waals surface area contributed by atoms with E-state index < -0.39 is 17.6 Å². The van der Waals surface area contributed by atoms with E-state index in [4.69, 9.17) is 9.47 Å². The minimum atomic E-state index is -0.937. The summed E-state index contributed by atoms with van der Waals surface area (Å²) in [6, 6.07) is 7.50. The molecule has 0 fully saturated rings. The third-order valence-electron chi connectivity index (χ3n) is 5.64. The predicted octanol–water partition coefficient (Wildman–Crippen LogP) is 4.89. The molecule has 2 aromatic carbocycles. The van der Waals surface area contributed by atoms with Crippen molar-refractivity contribution in [2.24, 2.45) is 5.41 Å². The van der Waals surface area contributed by atoms with E-state index in [9.17, 15) is 13.6 Å². The Labute approximate surface area is 161 Å². The molecule has 2 heterocycles. The van der Waals surface area contributed by atoms with E-state index >= 15 is 0 Å². The van der Waals surface area contributed by atoms with Gasteiger partial charge in [0.15, 0.2) is 28.9 Å². The van der Waals surface area contributed by atoms with Crippen molar-refractivity contribution in [2.45, 2.75) is 32.6 Å². The Morgan fingerprint density at radius 3 is 2.68 bits per heavy atom. The molecule has 0 saturated heterocycles. The van der Waals surface area contributed by atoms with Gasteiger partial charge in [-0.3, -0.25) is 4.79 Å². The highest BCUT2D eigenvalue weighted by Gasteiger charge is 2.43. The van der Waals surface area contributed by atoms with Crippen LogP contribution < -0.4 is 14.8 Å². The lowest BCUT2D eigenvalue weighted by molar-refractivity contribution is -0.118. The summed E-state index contributed by atoms with van der Waals surface area (Å²) >= 11 is 0. The van der Waals surface area contributed by atoms with Gasteiger partial charge in [-0.2, -0.15) is 0 Å². The lowest BCUT2D eigenvalue weighted by Crippen LogP contribution is -2.34. The van der Waals surface area contributed by atoms with Gasteiger partial charge in [-0.15, -0.1) is 0 Å². The number of Topliss-reactive ketones (excluding diaryl/α,β-unsaturated/α-hetero) is 1. The molecule has 1 unspecified atom stereocenters. The Kier molecular flexibility index (Phi) is 3.57. The third kappa shape index (κ3) is 2.51. The van der Waals surface area contributed by atoms with Crippen LogP contribution in [0.15, 0.2) is 41.6 Å². The van der Waals surface area contributed by atoms with Crippen LogP contribution >= 0.6 is 0 Å². The summed E-state index contributed by atoms with van der Waals surface area (Å²) in [6.45, 7) is 4.19. The first kappa shape index (κ1) is 17.2. The largest absolute Gasteiger partial charge is 0.454 e. The number of hydrogen-bond donors (Lipinski definition) is 1. The lowest BCUT2D eigenvalue weighted by atomic mass is 9.68. The van der Waals surface area contributed by atoms with Gasteiger partial charge in [0.05, 0.1) is 0 Å². The summed E-state index contributed by atoms with van der Waals surface area (Å²) in [6.07, 6.45) is 1.09. The second-order valence-corrected chi connectivity index (χ2v) is 8.33. The molecular formula is C22H19F2NO3. The van der Waals surface area contributed by atoms with Crippen molar-refractivity contribution in [2.75, 3.05) is 12.1 Å². The third-order valence-corrected chi connectivity index (χ3v) is 5.64. The second kappa shape index (κ2) is 5.80. The molecule has 0 saturated carbocycles. The predicted molar refractivity (Wildman–Crippen MR) is 99.4 cm³/mol. The summed E-state index contributed by atoms with van der Waals surface area (Å²) < 4.78 is 38.9. The van der Waals surface area contributed by atoms with E-state index in [0.717, 1.165) is 23.0 Å². The van der Waals surface area contributed by atoms with E-state index in [1.807, 2.05) is 12.1 Å². The monoisotopic (exact) mass is 383 g/mol. The number of fused-ring (bicyclic) bond motifs is 3. The molecule has 144 valence electrons. The van der Waals surface area contributed by atoms with Gasteiger partial charge in [0.25, 0.3) is 0 Å². The van der Waals surface area contributed by atoms with Crippen LogP contribution in [-0.4, -0.2) is 12.6 Å². The maximum Gasteiger partial charge on any atom is 0.231 e. The molecule has 3 aliphatic rings. The Balaban J connectivity index is 1.77. The highest BCUT2D eigenvalue weighted by molar-refractivity contribution is 6.02. The van der Waals surface area contributed by atoms with Crippen LogP contribution in [0.4, 0.5) is 14.5 Å². The van der Waals surface area contributed by atoms with E-state index in [2.05, 4.69) is 19.2 Å². The average molecular weight is 383 g/mol. The Hall–Kier alpha value is -2.89. The van der Waals surface area contributed by atoms with Crippen LogP contribution in [0, 0.1) is 17.0 Å². The first-order chi connectivity index (χ1) is 13.3. The molecule has 2 aromatic rings. The Morgan fingerprint density at radius 1 is 1.07 bits per heavy atom. The highest BCUT2D eigenvalue weighted by Crippen LogP contribution is 2.54. The fourth-order valence-electron chi connectivity index (χ4n) is 4.50. The summed E-state index contributed by atoms with van der Waals surface area (Å²) in [5.74, 6) is -1.25. The number of hydrogen-bond acceptors (Lipinski definition) is 4. The molecule has 1 N–H and O–H groups in total. The number of nitrogens with one attached hydrogen (secondary N) is 1. The number of carbonyl (C=O) groups is 1. The standard InChI is InChI=1S/C22H19F2NO3/c1-22(2)8-15-19(16(26)9-22)18(11-3-4-12(23)13(24)7-11)20-14(25-15)5-6-17-21(20)28-10-27-17/h3-7,18,25H,8-10H2,1-2H3. The van der Waals surface area contributed by atoms with Crippen LogP contribution in [0.1, 0.15) is 43.7 Å². The van der Waals surface area contributed by atoms with Crippen LogP contribution in [0.5, 0.6) is 11.5 Å². The van der Waals surface area contributed by atoms with E-state index in [1.165, 1.54) is 12.1 Å². The van der Waals surface area contributed by atoms with Gasteiger partial charge in [0, 0.05) is 34.9 Å². The zero-order valence-electron chi connectivity index (χ0n) is 15.6. The normalized spacial score (nSPS) is 21.9. The molecule has 0 bridgehead atoms. The number of benzene rings is 2. The minimum absolute atomic E-state index is 0.00986. The molecule has 1 aliphatic carbocycles. The topological polar surface area (TPSA) is 47.6 Å². The zero-order valence-corrected chi connectivity index (χ0v) is 15.6. The molecule has 5 rings (SSSR count). The maximum absolute atomic E-state index is 14.1. The maximum atomic E-state index is 14.1. The van der Waals surface area contributed by atoms with Gasteiger partial charge in [0.1, 0.15) is 0 Å². The summed E-state index contributed by atoms with van der Waals surface area (Å²) in [5.41, 5.74) is 3.31. The van der Waals surface area contributed by atoms with E-state index in [1.54, 1.807) is 0 Å². The lowest BCUT2D eigenvalue weighted by Gasteiger charge is -2.39. The second-order valence-electron chi connectivity index (χ2n) is 8.33. The van der Waals surface area contributed by atoms with Gasteiger partial charge < -0.3 is 14.8 Å². The molecule has 1 atom stereocenters. The number of ether oxygens (including phenoxy) is 2. The number of anilines is 1. The van der Waals surface area contributed by atoms with Gasteiger partial charge in [-0.1, -0.05) is 19.9 Å². The molecule has 28 heavy (non-hydrogen) atoms. The fourth-order valence-corrected chi connectivity index (χ4v) is 4.50. The molecule has 0 aromatic heterocycles. The van der Waals surface area contributed by atoms with E-state index in [-0.39, 0.29) is 18.0 Å². The average Bonchev–Trinajstić information content (AvgIpc) is 3.10. The van der Waals surface area contributed by atoms with Crippen molar-refractivity contribution < 1.29 is 23.0 Å². The van der Waals surface area contributed by atoms with Crippen molar-refractivity contribution >= 4 is 11.5 Å².